The van der Waals surface area contributed by atoms with E-state index in [0.29, 0.717) is 19.6 Å². The lowest BCUT2D eigenvalue weighted by molar-refractivity contribution is -0.117. The minimum atomic E-state index is -0.272. The van der Waals surface area contributed by atoms with Crippen LogP contribution < -0.4 is 11.1 Å². The van der Waals surface area contributed by atoms with Gasteiger partial charge in [-0.15, -0.1) is 0 Å². The van der Waals surface area contributed by atoms with Gasteiger partial charge in [-0.2, -0.15) is 0 Å². The van der Waals surface area contributed by atoms with Crippen molar-refractivity contribution in [3.8, 4) is 0 Å². The van der Waals surface area contributed by atoms with Crippen LogP contribution >= 0.6 is 0 Å². The first-order chi connectivity index (χ1) is 6.63. The normalized spacial score (nSPS) is 10.8. The Bertz CT molecular complexity index is 151. The van der Waals surface area contributed by atoms with Crippen molar-refractivity contribution in [2.45, 2.75) is 6.42 Å². The van der Waals surface area contributed by atoms with Crippen LogP contribution in [0.4, 0.5) is 0 Å². The molecule has 0 fully saturated rings. The van der Waals surface area contributed by atoms with E-state index in [2.05, 4.69) is 10.2 Å². The number of rotatable bonds is 9. The second-order valence-corrected chi connectivity index (χ2v) is 3.38. The predicted molar refractivity (Wildman–Crippen MR) is 56.1 cm³/mol. The van der Waals surface area contributed by atoms with Gasteiger partial charge in [0.1, 0.15) is 0 Å². The first-order valence-electron chi connectivity index (χ1n) is 4.84. The van der Waals surface area contributed by atoms with E-state index in [4.69, 9.17) is 10.5 Å². The number of hydrogen-bond donors (Lipinski definition) is 2. The highest BCUT2D eigenvalue weighted by Gasteiger charge is 1.93. The van der Waals surface area contributed by atoms with Gasteiger partial charge < -0.3 is 20.7 Å². The van der Waals surface area contributed by atoms with Crippen LogP contribution in [0.1, 0.15) is 6.42 Å². The third-order valence-corrected chi connectivity index (χ3v) is 1.65. The molecule has 0 spiro atoms. The van der Waals surface area contributed by atoms with Crippen LogP contribution in [0, 0.1) is 0 Å². The van der Waals surface area contributed by atoms with E-state index in [9.17, 15) is 4.79 Å². The molecule has 0 radical (unpaired) electrons. The molecule has 0 atom stereocenters. The first-order valence-corrected chi connectivity index (χ1v) is 4.84. The van der Waals surface area contributed by atoms with Crippen LogP contribution in [-0.2, 0) is 9.53 Å². The first kappa shape index (κ1) is 13.4. The Morgan fingerprint density at radius 3 is 2.64 bits per heavy atom. The number of amides is 1. The fourth-order valence-electron chi connectivity index (χ4n) is 0.830. The Morgan fingerprint density at radius 2 is 2.07 bits per heavy atom. The minimum absolute atomic E-state index is 0.272. The third kappa shape index (κ3) is 11.4. The topological polar surface area (TPSA) is 67.6 Å². The van der Waals surface area contributed by atoms with Crippen molar-refractivity contribution in [2.24, 2.45) is 5.73 Å². The summed E-state index contributed by atoms with van der Waals surface area (Å²) in [5.74, 6) is -0.272. The largest absolute Gasteiger partial charge is 0.379 e. The van der Waals surface area contributed by atoms with Crippen LogP contribution in [0.25, 0.3) is 0 Å². The molecule has 5 nitrogen and oxygen atoms in total. The SMILES string of the molecule is CN(C)CCOCCNCCC(N)=O. The molecular weight excluding hydrogens is 182 g/mol. The molecule has 0 heterocycles. The number of hydrogen-bond acceptors (Lipinski definition) is 4. The molecule has 0 aromatic carbocycles. The zero-order chi connectivity index (χ0) is 10.8. The van der Waals surface area contributed by atoms with Gasteiger partial charge in [0, 0.05) is 26.1 Å². The monoisotopic (exact) mass is 203 g/mol. The lowest BCUT2D eigenvalue weighted by Gasteiger charge is -2.09. The van der Waals surface area contributed by atoms with Gasteiger partial charge in [-0.05, 0) is 14.1 Å². The highest BCUT2D eigenvalue weighted by Crippen LogP contribution is 1.78. The van der Waals surface area contributed by atoms with Crippen molar-refractivity contribution in [1.29, 1.82) is 0 Å². The smallest absolute Gasteiger partial charge is 0.218 e. The van der Waals surface area contributed by atoms with Crippen LogP contribution in [0.5, 0.6) is 0 Å². The number of ether oxygens (including phenoxy) is 1. The van der Waals surface area contributed by atoms with Gasteiger partial charge in [0.05, 0.1) is 13.2 Å². The summed E-state index contributed by atoms with van der Waals surface area (Å²) < 4.78 is 5.33. The van der Waals surface area contributed by atoms with E-state index in [1.807, 2.05) is 14.1 Å². The Hall–Kier alpha value is -0.650. The molecule has 14 heavy (non-hydrogen) atoms. The molecule has 0 aliphatic heterocycles. The number of nitrogens with two attached hydrogens (primary N) is 1. The zero-order valence-electron chi connectivity index (χ0n) is 9.08. The number of carbonyl (C=O) groups excluding carboxylic acids is 1. The van der Waals surface area contributed by atoms with Gasteiger partial charge in [0.15, 0.2) is 0 Å². The van der Waals surface area contributed by atoms with Gasteiger partial charge in [-0.3, -0.25) is 4.79 Å². The molecule has 0 aliphatic rings. The average Bonchev–Trinajstić information content (AvgIpc) is 2.08. The fourth-order valence-corrected chi connectivity index (χ4v) is 0.830. The standard InChI is InChI=1S/C9H21N3O2/c1-12(2)6-8-14-7-5-11-4-3-9(10)13/h11H,3-8H2,1-2H3,(H2,10,13). The maximum Gasteiger partial charge on any atom is 0.218 e. The quantitative estimate of drug-likeness (QED) is 0.473. The van der Waals surface area contributed by atoms with E-state index in [0.717, 1.165) is 19.7 Å². The van der Waals surface area contributed by atoms with E-state index >= 15 is 0 Å². The molecule has 0 aromatic heterocycles. The summed E-state index contributed by atoms with van der Waals surface area (Å²) in [6.07, 6.45) is 0.387. The fraction of sp³-hybridized carbons (Fsp3) is 0.889. The van der Waals surface area contributed by atoms with E-state index in [-0.39, 0.29) is 5.91 Å². The van der Waals surface area contributed by atoms with E-state index in [1.54, 1.807) is 0 Å². The molecule has 0 saturated heterocycles. The maximum absolute atomic E-state index is 10.4. The number of nitrogens with one attached hydrogen (secondary N) is 1. The van der Waals surface area contributed by atoms with Crippen molar-refractivity contribution >= 4 is 5.91 Å². The summed E-state index contributed by atoms with van der Waals surface area (Å²) in [4.78, 5) is 12.4. The van der Waals surface area contributed by atoms with Crippen LogP contribution in [0.15, 0.2) is 0 Å². The summed E-state index contributed by atoms with van der Waals surface area (Å²) >= 11 is 0. The molecule has 0 aromatic rings. The molecular formula is C9H21N3O2. The number of nitrogens with zero attached hydrogens (tertiary/aromatic N) is 1. The van der Waals surface area contributed by atoms with Crippen molar-refractivity contribution in [3.63, 3.8) is 0 Å². The molecule has 3 N–H and O–H groups in total. The van der Waals surface area contributed by atoms with Gasteiger partial charge in [0.2, 0.25) is 5.91 Å². The highest BCUT2D eigenvalue weighted by molar-refractivity contribution is 5.73. The molecule has 0 bridgehead atoms. The second kappa shape index (κ2) is 8.93. The molecule has 0 aliphatic carbocycles. The Morgan fingerprint density at radius 1 is 1.36 bits per heavy atom. The van der Waals surface area contributed by atoms with Crippen molar-refractivity contribution < 1.29 is 9.53 Å². The van der Waals surface area contributed by atoms with Crippen LogP contribution in [-0.4, -0.2) is 57.8 Å². The highest BCUT2D eigenvalue weighted by atomic mass is 16.5. The molecule has 5 heteroatoms. The van der Waals surface area contributed by atoms with Gasteiger partial charge >= 0.3 is 0 Å². The minimum Gasteiger partial charge on any atom is -0.379 e. The summed E-state index contributed by atoms with van der Waals surface area (Å²) in [6.45, 7) is 3.74. The zero-order valence-corrected chi connectivity index (χ0v) is 9.08. The maximum atomic E-state index is 10.4. The summed E-state index contributed by atoms with van der Waals surface area (Å²) in [6, 6.07) is 0. The van der Waals surface area contributed by atoms with Gasteiger partial charge in [-0.25, -0.2) is 0 Å². The molecule has 0 saturated carbocycles. The lowest BCUT2D eigenvalue weighted by Crippen LogP contribution is -2.26. The average molecular weight is 203 g/mol. The summed E-state index contributed by atoms with van der Waals surface area (Å²) in [5.41, 5.74) is 4.97. The molecule has 0 unspecified atom stereocenters. The summed E-state index contributed by atoms with van der Waals surface area (Å²) in [5, 5.41) is 3.07. The Balaban J connectivity index is 2.96. The number of likely N-dealkylation sites (N-methyl/N-ethyl adjacent to an activating group) is 1. The van der Waals surface area contributed by atoms with Crippen LogP contribution in [0.2, 0.25) is 0 Å². The third-order valence-electron chi connectivity index (χ3n) is 1.65. The van der Waals surface area contributed by atoms with Crippen LogP contribution in [0.3, 0.4) is 0 Å². The summed E-state index contributed by atoms with van der Waals surface area (Å²) in [7, 11) is 4.02. The number of primary amides is 1. The van der Waals surface area contributed by atoms with E-state index in [1.165, 1.54) is 0 Å². The van der Waals surface area contributed by atoms with E-state index < -0.39 is 0 Å². The predicted octanol–water partition coefficient (Wildman–Crippen LogP) is -0.970. The van der Waals surface area contributed by atoms with Crippen molar-refractivity contribution in [3.05, 3.63) is 0 Å². The second-order valence-electron chi connectivity index (χ2n) is 3.38. The molecule has 1 amide bonds. The number of carbonyl (C=O) groups is 1. The lowest BCUT2D eigenvalue weighted by atomic mass is 10.4. The van der Waals surface area contributed by atoms with Crippen molar-refractivity contribution in [1.82, 2.24) is 10.2 Å². The molecule has 0 rings (SSSR count). The molecule has 84 valence electrons. The van der Waals surface area contributed by atoms with Crippen molar-refractivity contribution in [2.75, 3.05) is 46.9 Å². The Kier molecular flexibility index (Phi) is 8.51. The van der Waals surface area contributed by atoms with Gasteiger partial charge in [-0.1, -0.05) is 0 Å². The Labute approximate surface area is 85.6 Å². The van der Waals surface area contributed by atoms with Gasteiger partial charge in [0.25, 0.3) is 0 Å².